The van der Waals surface area contributed by atoms with Gasteiger partial charge in [0.15, 0.2) is 5.96 Å². The van der Waals surface area contributed by atoms with Gasteiger partial charge in [0.25, 0.3) is 0 Å². The van der Waals surface area contributed by atoms with Crippen molar-refractivity contribution in [2.24, 2.45) is 4.99 Å². The Hall–Kier alpha value is -1.98. The lowest BCUT2D eigenvalue weighted by molar-refractivity contribution is -0.0504. The molecule has 156 valence electrons. The van der Waals surface area contributed by atoms with Crippen LogP contribution in [0.2, 0.25) is 0 Å². The Balaban J connectivity index is 0.00000300. The molecule has 29 heavy (non-hydrogen) atoms. The predicted molar refractivity (Wildman–Crippen MR) is 123 cm³/mol. The molecule has 1 unspecified atom stereocenters. The summed E-state index contributed by atoms with van der Waals surface area (Å²) in [5, 5.41) is 17.6. The van der Waals surface area contributed by atoms with Gasteiger partial charge in [-0.3, -0.25) is 4.99 Å². The monoisotopic (exact) mass is 533 g/mol. The quantitative estimate of drug-likeness (QED) is 0.238. The molecular weight excluding hydrogens is 511 g/mol. The van der Waals surface area contributed by atoms with Crippen molar-refractivity contribution < 1.29 is 18.6 Å². The van der Waals surface area contributed by atoms with E-state index in [4.69, 9.17) is 0 Å². The summed E-state index contributed by atoms with van der Waals surface area (Å²) >= 11 is 1.54. The highest BCUT2D eigenvalue weighted by Crippen LogP contribution is 2.29. The van der Waals surface area contributed by atoms with Crippen LogP contribution in [0.3, 0.4) is 0 Å². The van der Waals surface area contributed by atoms with E-state index in [1.165, 1.54) is 6.07 Å². The number of fused-ring (bicyclic) bond motifs is 1. The van der Waals surface area contributed by atoms with E-state index in [2.05, 4.69) is 20.4 Å². The molecule has 0 saturated carbocycles. The van der Waals surface area contributed by atoms with Gasteiger partial charge in [0.1, 0.15) is 11.9 Å². The summed E-state index contributed by atoms with van der Waals surface area (Å²) in [6, 6.07) is 16.5. The summed E-state index contributed by atoms with van der Waals surface area (Å²) < 4.78 is 30.7. The molecule has 0 aliphatic carbocycles. The third-order valence-corrected chi connectivity index (χ3v) is 5.31. The third kappa shape index (κ3) is 6.51. The standard InChI is InChI=1S/C20H21F2N3O2S.HI/c1-23-20(24-11-14-7-2-4-8-16(14)27-19(21)22)25-12-15(26)18-10-13-6-3-5-9-17(13)28-18;/h2-10,15,19,26H,11-12H2,1H3,(H2,23,24,25);1H. The van der Waals surface area contributed by atoms with Crippen LogP contribution in [-0.4, -0.2) is 31.3 Å². The highest BCUT2D eigenvalue weighted by atomic mass is 127. The van der Waals surface area contributed by atoms with Gasteiger partial charge in [-0.25, -0.2) is 0 Å². The van der Waals surface area contributed by atoms with E-state index in [-0.39, 0.29) is 42.8 Å². The minimum Gasteiger partial charge on any atom is -0.434 e. The Morgan fingerprint density at radius 1 is 1.14 bits per heavy atom. The van der Waals surface area contributed by atoms with Gasteiger partial charge in [-0.1, -0.05) is 36.4 Å². The van der Waals surface area contributed by atoms with Crippen LogP contribution in [-0.2, 0) is 6.54 Å². The number of halogens is 3. The van der Waals surface area contributed by atoms with Gasteiger partial charge in [0, 0.05) is 35.3 Å². The molecule has 0 bridgehead atoms. The number of hydrogen-bond acceptors (Lipinski definition) is 4. The number of rotatable bonds is 7. The zero-order chi connectivity index (χ0) is 19.9. The topological polar surface area (TPSA) is 65.9 Å². The van der Waals surface area contributed by atoms with E-state index in [1.54, 1.807) is 36.6 Å². The van der Waals surface area contributed by atoms with E-state index in [0.717, 1.165) is 15.0 Å². The number of hydrogen-bond donors (Lipinski definition) is 3. The van der Waals surface area contributed by atoms with E-state index >= 15 is 0 Å². The predicted octanol–water partition coefficient (Wildman–Crippen LogP) is 4.52. The molecule has 0 aliphatic heterocycles. The minimum absolute atomic E-state index is 0. The zero-order valence-corrected chi connectivity index (χ0v) is 18.8. The minimum atomic E-state index is -2.88. The largest absolute Gasteiger partial charge is 0.434 e. The molecule has 3 N–H and O–H groups in total. The first-order chi connectivity index (χ1) is 13.6. The first kappa shape index (κ1) is 23.3. The van der Waals surface area contributed by atoms with Crippen molar-refractivity contribution in [3.63, 3.8) is 0 Å². The van der Waals surface area contributed by atoms with E-state index in [9.17, 15) is 13.9 Å². The van der Waals surface area contributed by atoms with Crippen molar-refractivity contribution in [3.05, 3.63) is 65.0 Å². The van der Waals surface area contributed by atoms with Crippen LogP contribution in [0.1, 0.15) is 16.5 Å². The summed E-state index contributed by atoms with van der Waals surface area (Å²) in [4.78, 5) is 4.96. The molecule has 3 aromatic rings. The van der Waals surface area contributed by atoms with Gasteiger partial charge in [-0.05, 0) is 23.6 Å². The Bertz CT molecular complexity index is 919. The number of nitrogens with zero attached hydrogens (tertiary/aromatic N) is 1. The number of thiophene rings is 1. The van der Waals surface area contributed by atoms with Crippen LogP contribution in [0.15, 0.2) is 59.6 Å². The second kappa shape index (κ2) is 11.3. The fraction of sp³-hybridized carbons (Fsp3) is 0.250. The first-order valence-corrected chi connectivity index (χ1v) is 9.52. The van der Waals surface area contributed by atoms with Gasteiger partial charge in [0.05, 0.1) is 0 Å². The van der Waals surface area contributed by atoms with Gasteiger partial charge >= 0.3 is 6.61 Å². The molecule has 1 aromatic heterocycles. The smallest absolute Gasteiger partial charge is 0.387 e. The van der Waals surface area contributed by atoms with Gasteiger partial charge in [-0.2, -0.15) is 8.78 Å². The number of ether oxygens (including phenoxy) is 1. The fourth-order valence-electron chi connectivity index (χ4n) is 2.72. The van der Waals surface area contributed by atoms with Crippen LogP contribution < -0.4 is 15.4 Å². The molecule has 2 aromatic carbocycles. The highest BCUT2D eigenvalue weighted by Gasteiger charge is 2.13. The van der Waals surface area contributed by atoms with Crippen LogP contribution in [0.25, 0.3) is 10.1 Å². The third-order valence-electron chi connectivity index (χ3n) is 4.09. The van der Waals surface area contributed by atoms with E-state index in [1.807, 2.05) is 30.3 Å². The maximum Gasteiger partial charge on any atom is 0.387 e. The van der Waals surface area contributed by atoms with Gasteiger partial charge in [0.2, 0.25) is 0 Å². The average Bonchev–Trinajstić information content (AvgIpc) is 3.13. The number of aliphatic hydroxyl groups is 1. The molecule has 0 amide bonds. The molecule has 0 radical (unpaired) electrons. The summed E-state index contributed by atoms with van der Waals surface area (Å²) in [5.74, 6) is 0.567. The van der Waals surface area contributed by atoms with Crippen molar-refractivity contribution >= 4 is 51.4 Å². The van der Waals surface area contributed by atoms with Gasteiger partial charge in [-0.15, -0.1) is 35.3 Å². The Kier molecular flexibility index (Phi) is 9.05. The van der Waals surface area contributed by atoms with Crippen molar-refractivity contribution in [2.75, 3.05) is 13.6 Å². The molecule has 5 nitrogen and oxygen atoms in total. The lowest BCUT2D eigenvalue weighted by atomic mass is 10.2. The Labute approximate surface area is 188 Å². The van der Waals surface area contributed by atoms with Crippen molar-refractivity contribution in [2.45, 2.75) is 19.3 Å². The highest BCUT2D eigenvalue weighted by molar-refractivity contribution is 14.0. The lowest BCUT2D eigenvalue weighted by Gasteiger charge is -2.16. The Morgan fingerprint density at radius 2 is 1.86 bits per heavy atom. The SMILES string of the molecule is CN=C(NCc1ccccc1OC(F)F)NCC(O)c1cc2ccccc2s1.I. The van der Waals surface area contributed by atoms with E-state index in [0.29, 0.717) is 11.5 Å². The molecule has 1 atom stereocenters. The number of aliphatic imine (C=N–C) groups is 1. The molecule has 0 spiro atoms. The molecule has 0 saturated heterocycles. The van der Waals surface area contributed by atoms with Gasteiger partial charge < -0.3 is 20.5 Å². The molecule has 1 heterocycles. The maximum atomic E-state index is 12.5. The summed E-state index contributed by atoms with van der Waals surface area (Å²) in [6.07, 6.45) is -0.689. The normalized spacial score (nSPS) is 12.5. The summed E-state index contributed by atoms with van der Waals surface area (Å²) in [7, 11) is 1.60. The number of aliphatic hydroxyl groups excluding tert-OH is 1. The summed E-state index contributed by atoms with van der Waals surface area (Å²) in [6.45, 7) is -2.36. The molecule has 0 fully saturated rings. The number of para-hydroxylation sites is 1. The second-order valence-corrected chi connectivity index (χ2v) is 7.11. The number of alkyl halides is 2. The van der Waals surface area contributed by atoms with Crippen LogP contribution in [0.5, 0.6) is 5.75 Å². The Morgan fingerprint density at radius 3 is 2.59 bits per heavy atom. The number of nitrogens with one attached hydrogen (secondary N) is 2. The number of benzene rings is 2. The number of guanidine groups is 1. The lowest BCUT2D eigenvalue weighted by Crippen LogP contribution is -2.39. The van der Waals surface area contributed by atoms with Crippen molar-refractivity contribution in [1.82, 2.24) is 10.6 Å². The maximum absolute atomic E-state index is 12.5. The van der Waals surface area contributed by atoms with Crippen LogP contribution in [0.4, 0.5) is 8.78 Å². The van der Waals surface area contributed by atoms with E-state index < -0.39 is 12.7 Å². The first-order valence-electron chi connectivity index (χ1n) is 8.70. The van der Waals surface area contributed by atoms with Crippen LogP contribution >= 0.6 is 35.3 Å². The van der Waals surface area contributed by atoms with Crippen LogP contribution in [0, 0.1) is 0 Å². The molecule has 9 heteroatoms. The fourth-order valence-corrected chi connectivity index (χ4v) is 3.77. The molecular formula is C20H22F2IN3O2S. The molecule has 3 rings (SSSR count). The molecule has 0 aliphatic rings. The zero-order valence-electron chi connectivity index (χ0n) is 15.6. The van der Waals surface area contributed by atoms with Crippen molar-refractivity contribution in [1.29, 1.82) is 0 Å². The second-order valence-electron chi connectivity index (χ2n) is 6.00. The summed E-state index contributed by atoms with van der Waals surface area (Å²) in [5.41, 5.74) is 0.579. The van der Waals surface area contributed by atoms with Crippen molar-refractivity contribution in [3.8, 4) is 5.75 Å². The average molecular weight is 533 g/mol.